The minimum Gasteiger partial charge on any atom is -0.485 e. The Kier molecular flexibility index (Phi) is 6.44. The van der Waals surface area contributed by atoms with Gasteiger partial charge >= 0.3 is 11.9 Å². The molecule has 2 aliphatic rings. The molecule has 2 N–H and O–H groups in total. The number of carbonyl (C=O) groups is 2. The first-order chi connectivity index (χ1) is 15.2. The Morgan fingerprint density at radius 1 is 1.27 bits per heavy atom. The number of rotatable bonds is 5. The van der Waals surface area contributed by atoms with E-state index in [2.05, 4.69) is 6.92 Å². The van der Waals surface area contributed by atoms with Crippen molar-refractivity contribution in [3.8, 4) is 5.75 Å². The SMILES string of the molecule is COC(=O)c1c(C)cc2c(c(C)c1=O)O[C@@]1(C2)[C@H](C)CC[C@H](C(C)(C)O)[C@@]1(C)CCC(=O)O. The highest BCUT2D eigenvalue weighted by Crippen LogP contribution is 2.61. The Hall–Kier alpha value is -2.41. The number of methoxy groups -OCH3 is 1. The van der Waals surface area contributed by atoms with E-state index in [4.69, 9.17) is 9.47 Å². The highest BCUT2D eigenvalue weighted by atomic mass is 16.5. The number of aliphatic hydroxyl groups is 1. The van der Waals surface area contributed by atoms with Crippen LogP contribution in [0.5, 0.6) is 5.75 Å². The van der Waals surface area contributed by atoms with Crippen LogP contribution in [-0.4, -0.2) is 40.5 Å². The van der Waals surface area contributed by atoms with Crippen molar-refractivity contribution in [3.05, 3.63) is 38.5 Å². The van der Waals surface area contributed by atoms with Crippen LogP contribution in [0, 0.1) is 31.1 Å². The van der Waals surface area contributed by atoms with Gasteiger partial charge in [-0.05, 0) is 69.9 Å². The highest BCUT2D eigenvalue weighted by molar-refractivity contribution is 5.91. The van der Waals surface area contributed by atoms with E-state index >= 15 is 0 Å². The highest BCUT2D eigenvalue weighted by Gasteiger charge is 2.64. The standard InChI is InChI=1S/C26H36O7/c1-14-12-17-13-26(33-22(17)16(3)21(29)20(14)23(30)32-7)15(2)8-9-18(24(4,5)31)25(26,6)11-10-19(27)28/h12,15,18,31H,8-11,13H2,1-7H3,(H,27,28)/t15-,18-,25-,26+/m1/s1. The minimum absolute atomic E-state index is 0.00162. The van der Waals surface area contributed by atoms with Crippen molar-refractivity contribution < 1.29 is 29.3 Å². The topological polar surface area (TPSA) is 110 Å². The minimum atomic E-state index is -1.03. The number of aliphatic carboxylic acids is 1. The molecular weight excluding hydrogens is 424 g/mol. The molecule has 0 bridgehead atoms. The summed E-state index contributed by atoms with van der Waals surface area (Å²) in [7, 11) is 1.25. The maximum Gasteiger partial charge on any atom is 0.342 e. The molecule has 0 saturated heterocycles. The molecule has 182 valence electrons. The summed E-state index contributed by atoms with van der Waals surface area (Å²) in [6.45, 7) is 11.0. The van der Waals surface area contributed by atoms with Gasteiger partial charge in [-0.1, -0.05) is 19.9 Å². The van der Waals surface area contributed by atoms with E-state index in [0.717, 1.165) is 18.4 Å². The van der Waals surface area contributed by atoms with Crippen molar-refractivity contribution >= 4 is 11.9 Å². The summed E-state index contributed by atoms with van der Waals surface area (Å²) in [4.78, 5) is 37.1. The normalized spacial score (nSPS) is 28.8. The van der Waals surface area contributed by atoms with Gasteiger partial charge in [0.05, 0.1) is 12.7 Å². The fourth-order valence-electron chi connectivity index (χ4n) is 6.54. The second kappa shape index (κ2) is 8.42. The van der Waals surface area contributed by atoms with E-state index in [1.165, 1.54) is 7.11 Å². The van der Waals surface area contributed by atoms with Gasteiger partial charge in [0, 0.05) is 23.8 Å². The molecule has 7 heteroatoms. The fraction of sp³-hybridized carbons (Fsp3) is 0.654. The zero-order valence-corrected chi connectivity index (χ0v) is 20.7. The van der Waals surface area contributed by atoms with Crippen molar-refractivity contribution in [3.63, 3.8) is 0 Å². The van der Waals surface area contributed by atoms with Crippen molar-refractivity contribution in [1.82, 2.24) is 0 Å². The average molecular weight is 461 g/mol. The number of ether oxygens (including phenoxy) is 2. The van der Waals surface area contributed by atoms with Gasteiger partial charge in [0.15, 0.2) is 5.43 Å². The zero-order chi connectivity index (χ0) is 24.9. The first kappa shape index (κ1) is 25.2. The van der Waals surface area contributed by atoms with Gasteiger partial charge in [-0.3, -0.25) is 9.59 Å². The van der Waals surface area contributed by atoms with Crippen LogP contribution in [0.3, 0.4) is 0 Å². The number of carbonyl (C=O) groups excluding carboxylic acids is 1. The van der Waals surface area contributed by atoms with Gasteiger partial charge in [0.25, 0.3) is 0 Å². The lowest BCUT2D eigenvalue weighted by atomic mass is 9.49. The lowest BCUT2D eigenvalue weighted by Crippen LogP contribution is -2.64. The molecule has 1 spiro atoms. The van der Waals surface area contributed by atoms with Gasteiger partial charge < -0.3 is 19.7 Å². The van der Waals surface area contributed by atoms with Crippen LogP contribution >= 0.6 is 0 Å². The van der Waals surface area contributed by atoms with E-state index < -0.39 is 34.0 Å². The first-order valence-corrected chi connectivity index (χ1v) is 11.6. The predicted molar refractivity (Wildman–Crippen MR) is 124 cm³/mol. The van der Waals surface area contributed by atoms with Crippen molar-refractivity contribution in [2.45, 2.75) is 84.8 Å². The lowest BCUT2D eigenvalue weighted by molar-refractivity contribution is -0.188. The molecule has 3 rings (SSSR count). The molecule has 0 radical (unpaired) electrons. The zero-order valence-electron chi connectivity index (χ0n) is 20.7. The maximum atomic E-state index is 13.2. The van der Waals surface area contributed by atoms with Gasteiger partial charge in [0.2, 0.25) is 0 Å². The molecule has 7 nitrogen and oxygen atoms in total. The third-order valence-corrected chi connectivity index (χ3v) is 8.24. The molecule has 0 amide bonds. The smallest absolute Gasteiger partial charge is 0.342 e. The molecule has 1 aromatic rings. The van der Waals surface area contributed by atoms with Gasteiger partial charge in [0.1, 0.15) is 16.9 Å². The summed E-state index contributed by atoms with van der Waals surface area (Å²) in [6, 6.07) is 1.82. The fourth-order valence-corrected chi connectivity index (χ4v) is 6.54. The third-order valence-electron chi connectivity index (χ3n) is 8.24. The second-order valence-electron chi connectivity index (χ2n) is 10.7. The number of fused-ring (bicyclic) bond motifs is 1. The molecule has 1 heterocycles. The largest absolute Gasteiger partial charge is 0.485 e. The van der Waals surface area contributed by atoms with Crippen LogP contribution in [0.2, 0.25) is 0 Å². The van der Waals surface area contributed by atoms with Crippen LogP contribution in [0.15, 0.2) is 10.9 Å². The van der Waals surface area contributed by atoms with Crippen molar-refractivity contribution in [2.24, 2.45) is 17.3 Å². The Bertz CT molecular complexity index is 1040. The number of carboxylic acid groups (broad SMARTS) is 1. The molecule has 1 fully saturated rings. The molecular formula is C26H36O7. The predicted octanol–water partition coefficient (Wildman–Crippen LogP) is 3.81. The molecule has 1 aliphatic carbocycles. The number of carboxylic acids is 1. The van der Waals surface area contributed by atoms with E-state index in [9.17, 15) is 24.6 Å². The molecule has 1 aromatic carbocycles. The number of esters is 1. The third kappa shape index (κ3) is 3.94. The molecule has 4 atom stereocenters. The van der Waals surface area contributed by atoms with E-state index in [1.54, 1.807) is 27.7 Å². The second-order valence-corrected chi connectivity index (χ2v) is 10.7. The summed E-state index contributed by atoms with van der Waals surface area (Å²) in [6.07, 6.45) is 2.35. The van der Waals surface area contributed by atoms with Crippen LogP contribution in [0.25, 0.3) is 0 Å². The number of aryl methyl sites for hydroxylation is 1. The van der Waals surface area contributed by atoms with E-state index in [-0.39, 0.29) is 23.8 Å². The molecule has 0 unspecified atom stereocenters. The average Bonchev–Trinajstić information content (AvgIpc) is 3.06. The molecule has 1 aliphatic heterocycles. The van der Waals surface area contributed by atoms with Crippen molar-refractivity contribution in [1.29, 1.82) is 0 Å². The van der Waals surface area contributed by atoms with Gasteiger partial charge in [-0.2, -0.15) is 0 Å². The Morgan fingerprint density at radius 3 is 2.45 bits per heavy atom. The van der Waals surface area contributed by atoms with Crippen LogP contribution in [-0.2, 0) is 16.0 Å². The van der Waals surface area contributed by atoms with E-state index in [1.807, 2.05) is 13.0 Å². The lowest BCUT2D eigenvalue weighted by Gasteiger charge is -2.59. The molecule has 1 saturated carbocycles. The Balaban J connectivity index is 2.23. The molecule has 33 heavy (non-hydrogen) atoms. The van der Waals surface area contributed by atoms with Crippen LogP contribution in [0.4, 0.5) is 0 Å². The monoisotopic (exact) mass is 460 g/mol. The van der Waals surface area contributed by atoms with Crippen LogP contribution in [0.1, 0.15) is 80.4 Å². The van der Waals surface area contributed by atoms with Crippen molar-refractivity contribution in [2.75, 3.05) is 7.11 Å². The van der Waals surface area contributed by atoms with Gasteiger partial charge in [-0.25, -0.2) is 4.79 Å². The maximum absolute atomic E-state index is 13.2. The van der Waals surface area contributed by atoms with Crippen LogP contribution < -0.4 is 10.2 Å². The first-order valence-electron chi connectivity index (χ1n) is 11.6. The summed E-state index contributed by atoms with van der Waals surface area (Å²) in [5.41, 5.74) is -1.21. The summed E-state index contributed by atoms with van der Waals surface area (Å²) in [5, 5.41) is 20.6. The van der Waals surface area contributed by atoms with E-state index in [0.29, 0.717) is 29.7 Å². The molecule has 0 aromatic heterocycles. The Labute approximate surface area is 195 Å². The summed E-state index contributed by atoms with van der Waals surface area (Å²) < 4.78 is 11.6. The summed E-state index contributed by atoms with van der Waals surface area (Å²) >= 11 is 0. The number of hydrogen-bond donors (Lipinski definition) is 2. The Morgan fingerprint density at radius 2 is 1.91 bits per heavy atom. The quantitative estimate of drug-likeness (QED) is 0.643. The summed E-state index contributed by atoms with van der Waals surface area (Å²) in [5.74, 6) is -1.23. The van der Waals surface area contributed by atoms with Gasteiger partial charge in [-0.15, -0.1) is 0 Å². The number of hydrogen-bond acceptors (Lipinski definition) is 6.